The monoisotopic (exact) mass is 363 g/mol. The number of methoxy groups -OCH3 is 1. The molecule has 0 aliphatic heterocycles. The number of ether oxygens (including phenoxy) is 1. The zero-order chi connectivity index (χ0) is 16.1. The summed E-state index contributed by atoms with van der Waals surface area (Å²) in [7, 11) is 1.67. The Kier molecular flexibility index (Phi) is 6.73. The first kappa shape index (κ1) is 18.4. The van der Waals surface area contributed by atoms with E-state index in [1.807, 2.05) is 60.7 Å². The molecule has 24 heavy (non-hydrogen) atoms. The molecule has 2 aromatic carbocycles. The summed E-state index contributed by atoms with van der Waals surface area (Å²) in [4.78, 5) is 0. The maximum atomic E-state index is 6.01. The van der Waals surface area contributed by atoms with E-state index in [1.165, 1.54) is 5.56 Å². The SMILES string of the molecule is COc1ccc(CNCc2ccc(-c3cccc(Cl)c3)o2)cc1.Cl. The van der Waals surface area contributed by atoms with Gasteiger partial charge in [0.15, 0.2) is 0 Å². The predicted octanol–water partition coefficient (Wildman–Crippen LogP) is 5.32. The smallest absolute Gasteiger partial charge is 0.134 e. The van der Waals surface area contributed by atoms with Crippen molar-refractivity contribution in [3.8, 4) is 17.1 Å². The molecule has 0 spiro atoms. The summed E-state index contributed by atoms with van der Waals surface area (Å²) < 4.78 is 11.0. The van der Waals surface area contributed by atoms with Crippen LogP contribution in [0, 0.1) is 0 Å². The van der Waals surface area contributed by atoms with Crippen molar-refractivity contribution in [2.24, 2.45) is 0 Å². The summed E-state index contributed by atoms with van der Waals surface area (Å²) in [6, 6.07) is 19.6. The van der Waals surface area contributed by atoms with Crippen LogP contribution in [0.1, 0.15) is 11.3 Å². The zero-order valence-electron chi connectivity index (χ0n) is 13.3. The van der Waals surface area contributed by atoms with Crippen LogP contribution < -0.4 is 10.1 Å². The number of furan rings is 1. The van der Waals surface area contributed by atoms with Crippen LogP contribution in [0.15, 0.2) is 65.1 Å². The number of hydrogen-bond acceptors (Lipinski definition) is 3. The normalized spacial score (nSPS) is 10.2. The Morgan fingerprint density at radius 1 is 1.00 bits per heavy atom. The lowest BCUT2D eigenvalue weighted by atomic mass is 10.2. The Balaban J connectivity index is 0.00000208. The quantitative estimate of drug-likeness (QED) is 0.643. The topological polar surface area (TPSA) is 34.4 Å². The maximum absolute atomic E-state index is 6.01. The van der Waals surface area contributed by atoms with Gasteiger partial charge in [-0.1, -0.05) is 35.9 Å². The summed E-state index contributed by atoms with van der Waals surface area (Å²) >= 11 is 6.01. The molecule has 0 saturated carbocycles. The molecule has 0 aliphatic carbocycles. The highest BCUT2D eigenvalue weighted by atomic mass is 35.5. The Hall–Kier alpha value is -1.94. The molecule has 0 fully saturated rings. The van der Waals surface area contributed by atoms with Gasteiger partial charge in [-0.25, -0.2) is 0 Å². The first-order chi connectivity index (χ1) is 11.2. The molecule has 0 saturated heterocycles. The third kappa shape index (κ3) is 4.78. The number of halogens is 2. The molecule has 0 radical (unpaired) electrons. The fourth-order valence-corrected chi connectivity index (χ4v) is 2.53. The van der Waals surface area contributed by atoms with Crippen LogP contribution in [0.3, 0.4) is 0 Å². The molecular formula is C19H19Cl2NO2. The van der Waals surface area contributed by atoms with Gasteiger partial charge in [0.2, 0.25) is 0 Å². The van der Waals surface area contributed by atoms with E-state index < -0.39 is 0 Å². The maximum Gasteiger partial charge on any atom is 0.134 e. The molecule has 0 amide bonds. The number of rotatable bonds is 6. The summed E-state index contributed by atoms with van der Waals surface area (Å²) in [5.41, 5.74) is 2.19. The van der Waals surface area contributed by atoms with Gasteiger partial charge in [0.25, 0.3) is 0 Å². The van der Waals surface area contributed by atoms with Crippen molar-refractivity contribution >= 4 is 24.0 Å². The average molecular weight is 364 g/mol. The van der Waals surface area contributed by atoms with E-state index in [2.05, 4.69) is 5.32 Å². The molecule has 5 heteroatoms. The number of hydrogen-bond donors (Lipinski definition) is 1. The van der Waals surface area contributed by atoms with Gasteiger partial charge < -0.3 is 14.5 Å². The van der Waals surface area contributed by atoms with Gasteiger partial charge in [-0.05, 0) is 42.0 Å². The van der Waals surface area contributed by atoms with Crippen LogP contribution in [-0.4, -0.2) is 7.11 Å². The fraction of sp³-hybridized carbons (Fsp3) is 0.158. The van der Waals surface area contributed by atoms with Crippen LogP contribution >= 0.6 is 24.0 Å². The van der Waals surface area contributed by atoms with Gasteiger partial charge >= 0.3 is 0 Å². The first-order valence-corrected chi connectivity index (χ1v) is 7.81. The second-order valence-electron chi connectivity index (χ2n) is 5.23. The van der Waals surface area contributed by atoms with Gasteiger partial charge in [-0.2, -0.15) is 0 Å². The van der Waals surface area contributed by atoms with Crippen LogP contribution in [0.2, 0.25) is 5.02 Å². The molecule has 1 heterocycles. The van der Waals surface area contributed by atoms with E-state index in [-0.39, 0.29) is 12.4 Å². The van der Waals surface area contributed by atoms with Crippen LogP contribution in [-0.2, 0) is 13.1 Å². The summed E-state index contributed by atoms with van der Waals surface area (Å²) in [6.07, 6.45) is 0. The van der Waals surface area contributed by atoms with Gasteiger partial charge in [0.05, 0.1) is 13.7 Å². The van der Waals surface area contributed by atoms with Gasteiger partial charge in [0, 0.05) is 17.1 Å². The van der Waals surface area contributed by atoms with Crippen molar-refractivity contribution in [2.75, 3.05) is 7.11 Å². The van der Waals surface area contributed by atoms with Crippen molar-refractivity contribution in [3.63, 3.8) is 0 Å². The van der Waals surface area contributed by atoms with Crippen molar-refractivity contribution in [1.29, 1.82) is 0 Å². The highest BCUT2D eigenvalue weighted by Gasteiger charge is 2.05. The molecule has 3 aromatic rings. The van der Waals surface area contributed by atoms with E-state index in [9.17, 15) is 0 Å². The standard InChI is InChI=1S/C19H18ClNO2.ClH/c1-22-17-7-5-14(6-8-17)12-21-13-18-9-10-19(23-18)15-3-2-4-16(20)11-15;/h2-11,21H,12-13H2,1H3;1H. The van der Waals surface area contributed by atoms with E-state index in [4.69, 9.17) is 20.8 Å². The van der Waals surface area contributed by atoms with Crippen LogP contribution in [0.5, 0.6) is 5.75 Å². The highest BCUT2D eigenvalue weighted by molar-refractivity contribution is 6.30. The third-order valence-corrected chi connectivity index (χ3v) is 3.79. The number of nitrogens with one attached hydrogen (secondary N) is 1. The third-order valence-electron chi connectivity index (χ3n) is 3.56. The highest BCUT2D eigenvalue weighted by Crippen LogP contribution is 2.24. The molecular weight excluding hydrogens is 345 g/mol. The average Bonchev–Trinajstić information content (AvgIpc) is 3.04. The summed E-state index contributed by atoms with van der Waals surface area (Å²) in [6.45, 7) is 1.45. The molecule has 1 N–H and O–H groups in total. The molecule has 0 unspecified atom stereocenters. The largest absolute Gasteiger partial charge is 0.497 e. The predicted molar refractivity (Wildman–Crippen MR) is 99.9 cm³/mol. The second kappa shape index (κ2) is 8.78. The molecule has 0 atom stereocenters. The van der Waals surface area contributed by atoms with E-state index in [0.717, 1.165) is 29.4 Å². The van der Waals surface area contributed by atoms with Gasteiger partial charge in [-0.15, -0.1) is 12.4 Å². The van der Waals surface area contributed by atoms with Crippen molar-refractivity contribution in [2.45, 2.75) is 13.1 Å². The van der Waals surface area contributed by atoms with Crippen molar-refractivity contribution < 1.29 is 9.15 Å². The van der Waals surface area contributed by atoms with Crippen molar-refractivity contribution in [3.05, 3.63) is 77.0 Å². The van der Waals surface area contributed by atoms with Gasteiger partial charge in [0.1, 0.15) is 17.3 Å². The molecule has 0 bridgehead atoms. The summed E-state index contributed by atoms with van der Waals surface area (Å²) in [5, 5.41) is 4.08. The second-order valence-corrected chi connectivity index (χ2v) is 5.66. The minimum absolute atomic E-state index is 0. The molecule has 3 rings (SSSR count). The Morgan fingerprint density at radius 3 is 2.50 bits per heavy atom. The lowest BCUT2D eigenvalue weighted by molar-refractivity contribution is 0.414. The van der Waals surface area contributed by atoms with E-state index in [0.29, 0.717) is 11.6 Å². The van der Waals surface area contributed by atoms with Gasteiger partial charge in [-0.3, -0.25) is 0 Å². The lowest BCUT2D eigenvalue weighted by Gasteiger charge is -2.05. The Labute approximate surface area is 153 Å². The van der Waals surface area contributed by atoms with E-state index >= 15 is 0 Å². The van der Waals surface area contributed by atoms with Crippen molar-refractivity contribution in [1.82, 2.24) is 5.32 Å². The lowest BCUT2D eigenvalue weighted by Crippen LogP contribution is -2.11. The fourth-order valence-electron chi connectivity index (χ4n) is 2.34. The van der Waals surface area contributed by atoms with Crippen LogP contribution in [0.4, 0.5) is 0 Å². The molecule has 0 aliphatic rings. The minimum Gasteiger partial charge on any atom is -0.497 e. The Bertz CT molecular complexity index is 769. The summed E-state index contributed by atoms with van der Waals surface area (Å²) in [5.74, 6) is 2.59. The number of benzene rings is 2. The molecule has 1 aromatic heterocycles. The first-order valence-electron chi connectivity index (χ1n) is 7.43. The minimum atomic E-state index is 0. The Morgan fingerprint density at radius 2 is 1.79 bits per heavy atom. The zero-order valence-corrected chi connectivity index (χ0v) is 14.9. The van der Waals surface area contributed by atoms with Crippen LogP contribution in [0.25, 0.3) is 11.3 Å². The molecule has 3 nitrogen and oxygen atoms in total. The van der Waals surface area contributed by atoms with E-state index in [1.54, 1.807) is 7.11 Å². The molecule has 126 valence electrons.